The minimum atomic E-state index is -0.827. The van der Waals surface area contributed by atoms with E-state index in [0.717, 1.165) is 18.3 Å². The number of nitrogens with two attached hydrogens (primary N) is 1. The lowest BCUT2D eigenvalue weighted by molar-refractivity contribution is -0.379. The Morgan fingerprint density at radius 1 is 1.26 bits per heavy atom. The van der Waals surface area contributed by atoms with Crippen LogP contribution in [0, 0.1) is 11.6 Å². The topological polar surface area (TPSA) is 81.6 Å². The number of benzene rings is 1. The second-order valence-electron chi connectivity index (χ2n) is 4.22. The van der Waals surface area contributed by atoms with Gasteiger partial charge in [0.2, 0.25) is 0 Å². The third-order valence-electron chi connectivity index (χ3n) is 2.68. The predicted molar refractivity (Wildman–Crippen MR) is 83.9 cm³/mol. The molecule has 4 N–H and O–H groups in total. The molecule has 5 nitrogen and oxygen atoms in total. The van der Waals surface area contributed by atoms with Crippen molar-refractivity contribution < 1.29 is 18.6 Å². The monoisotopic (exact) mass is 379 g/mol. The molecular weight excluding hydrogens is 373 g/mol. The van der Waals surface area contributed by atoms with E-state index in [1.165, 1.54) is 0 Å². The summed E-state index contributed by atoms with van der Waals surface area (Å²) in [6.07, 6.45) is 1.00. The zero-order chi connectivity index (χ0) is 17.1. The van der Waals surface area contributed by atoms with Crippen LogP contribution in [0.3, 0.4) is 0 Å². The molecule has 0 atom stereocenters. The van der Waals surface area contributed by atoms with Gasteiger partial charge in [-0.15, -0.1) is 0 Å². The molecular formula is C13H8Cl3F2N4O+. The summed E-state index contributed by atoms with van der Waals surface area (Å²) in [6.45, 7) is 0. The maximum atomic E-state index is 13.4. The molecule has 1 heterocycles. The van der Waals surface area contributed by atoms with Crippen LogP contribution >= 0.6 is 34.8 Å². The Labute approximate surface area is 144 Å². The van der Waals surface area contributed by atoms with E-state index >= 15 is 0 Å². The average molecular weight is 381 g/mol. The number of pyridine rings is 1. The fraction of sp³-hybridized carbons (Fsp3) is 0. The van der Waals surface area contributed by atoms with Crippen molar-refractivity contribution in [1.82, 2.24) is 5.43 Å². The molecule has 23 heavy (non-hydrogen) atoms. The van der Waals surface area contributed by atoms with Crippen molar-refractivity contribution in [3.63, 3.8) is 0 Å². The van der Waals surface area contributed by atoms with E-state index in [1.807, 2.05) is 0 Å². The SMILES string of the molecule is Nc1c(Cl)c(Cl)[nH+]c(C(=O)N/N=C/c2ccc(F)cc2F)c1Cl. The molecule has 1 aromatic carbocycles. The Hall–Kier alpha value is -1.96. The number of hydrogen-bond donors (Lipinski definition) is 2. The summed E-state index contributed by atoms with van der Waals surface area (Å²) in [4.78, 5) is 14.4. The van der Waals surface area contributed by atoms with Gasteiger partial charge in [-0.2, -0.15) is 10.1 Å². The zero-order valence-electron chi connectivity index (χ0n) is 11.1. The van der Waals surface area contributed by atoms with Gasteiger partial charge in [-0.25, -0.2) is 14.2 Å². The molecule has 0 aliphatic heterocycles. The Balaban J connectivity index is 2.18. The average Bonchev–Trinajstić information content (AvgIpc) is 2.50. The number of carbonyl (C=O) groups is 1. The molecule has 2 rings (SSSR count). The van der Waals surface area contributed by atoms with Crippen LogP contribution in [-0.4, -0.2) is 12.1 Å². The Bertz CT molecular complexity index is 814. The lowest BCUT2D eigenvalue weighted by Gasteiger charge is -2.02. The van der Waals surface area contributed by atoms with Crippen molar-refractivity contribution in [3.05, 3.63) is 56.3 Å². The highest BCUT2D eigenvalue weighted by Gasteiger charge is 2.25. The van der Waals surface area contributed by atoms with Crippen molar-refractivity contribution in [2.75, 3.05) is 5.73 Å². The maximum Gasteiger partial charge on any atom is 0.337 e. The number of amides is 1. The van der Waals surface area contributed by atoms with Crippen LogP contribution in [0.1, 0.15) is 16.1 Å². The number of anilines is 1. The van der Waals surface area contributed by atoms with Crippen LogP contribution < -0.4 is 16.1 Å². The third-order valence-corrected chi connectivity index (χ3v) is 3.84. The normalized spacial score (nSPS) is 11.0. The number of carbonyl (C=O) groups excluding carboxylic acids is 1. The summed E-state index contributed by atoms with van der Waals surface area (Å²) in [5.41, 5.74) is 7.44. The molecule has 0 fully saturated rings. The fourth-order valence-electron chi connectivity index (χ4n) is 1.55. The molecule has 2 aromatic rings. The van der Waals surface area contributed by atoms with E-state index in [1.54, 1.807) is 0 Å². The summed E-state index contributed by atoms with van der Waals surface area (Å²) in [6, 6.07) is 2.90. The van der Waals surface area contributed by atoms with Crippen LogP contribution in [0.5, 0.6) is 0 Å². The number of aromatic amines is 1. The largest absolute Gasteiger partial charge is 0.396 e. The van der Waals surface area contributed by atoms with Crippen molar-refractivity contribution in [3.8, 4) is 0 Å². The van der Waals surface area contributed by atoms with E-state index in [9.17, 15) is 13.6 Å². The molecule has 1 amide bonds. The van der Waals surface area contributed by atoms with Gasteiger partial charge in [-0.3, -0.25) is 4.79 Å². The lowest BCUT2D eigenvalue weighted by atomic mass is 10.2. The highest BCUT2D eigenvalue weighted by Crippen LogP contribution is 2.31. The zero-order valence-corrected chi connectivity index (χ0v) is 13.4. The molecule has 0 unspecified atom stereocenters. The number of nitrogens with one attached hydrogen (secondary N) is 2. The lowest BCUT2D eigenvalue weighted by Crippen LogP contribution is -2.28. The number of rotatable bonds is 3. The standard InChI is InChI=1S/C13H7Cl3F2N4O/c14-8-10(19)9(15)12(16)21-11(8)13(23)22-20-4-5-1-2-6(17)3-7(5)18/h1-4H,(H2,19,21)(H,22,23)/p+1/b20-4+. The van der Waals surface area contributed by atoms with E-state index in [4.69, 9.17) is 40.5 Å². The van der Waals surface area contributed by atoms with Gasteiger partial charge in [-0.05, 0) is 23.7 Å². The van der Waals surface area contributed by atoms with Gasteiger partial charge in [-0.1, -0.05) is 23.2 Å². The van der Waals surface area contributed by atoms with Crippen LogP contribution in [-0.2, 0) is 0 Å². The molecule has 0 spiro atoms. The Morgan fingerprint density at radius 3 is 2.61 bits per heavy atom. The van der Waals surface area contributed by atoms with Crippen molar-refractivity contribution in [1.29, 1.82) is 0 Å². The molecule has 0 radical (unpaired) electrons. The molecule has 10 heteroatoms. The number of H-pyrrole nitrogens is 1. The molecule has 0 aliphatic carbocycles. The first kappa shape index (κ1) is 17.4. The summed E-state index contributed by atoms with van der Waals surface area (Å²) in [7, 11) is 0. The molecule has 0 aliphatic rings. The highest BCUT2D eigenvalue weighted by molar-refractivity contribution is 6.45. The van der Waals surface area contributed by atoms with Crippen molar-refractivity contribution >= 4 is 52.6 Å². The van der Waals surface area contributed by atoms with Gasteiger partial charge in [0.25, 0.3) is 10.8 Å². The molecule has 0 saturated carbocycles. The Morgan fingerprint density at radius 2 is 1.96 bits per heavy atom. The smallest absolute Gasteiger partial charge is 0.337 e. The molecule has 120 valence electrons. The van der Waals surface area contributed by atoms with E-state index in [2.05, 4.69) is 15.5 Å². The number of hydrazone groups is 1. The van der Waals surface area contributed by atoms with Gasteiger partial charge in [0, 0.05) is 11.6 Å². The van der Waals surface area contributed by atoms with Gasteiger partial charge in [0.05, 0.1) is 11.9 Å². The minimum absolute atomic E-state index is 0.0181. The number of hydrogen-bond acceptors (Lipinski definition) is 3. The van der Waals surface area contributed by atoms with E-state index in [0.29, 0.717) is 6.07 Å². The predicted octanol–water partition coefficient (Wildman–Crippen LogP) is 3.09. The highest BCUT2D eigenvalue weighted by atomic mass is 35.5. The maximum absolute atomic E-state index is 13.4. The van der Waals surface area contributed by atoms with Crippen LogP contribution in [0.25, 0.3) is 0 Å². The van der Waals surface area contributed by atoms with Gasteiger partial charge >= 0.3 is 5.91 Å². The summed E-state index contributed by atoms with van der Waals surface area (Å²) in [5, 5.41) is 3.31. The van der Waals surface area contributed by atoms with Crippen LogP contribution in [0.15, 0.2) is 23.3 Å². The first-order chi connectivity index (χ1) is 10.8. The first-order valence-electron chi connectivity index (χ1n) is 5.95. The molecule has 0 bridgehead atoms. The molecule has 1 aromatic heterocycles. The number of halogens is 5. The summed E-state index contributed by atoms with van der Waals surface area (Å²) in [5.74, 6) is -2.33. The fourth-order valence-corrected chi connectivity index (χ4v) is 2.16. The van der Waals surface area contributed by atoms with E-state index in [-0.39, 0.29) is 32.1 Å². The Kier molecular flexibility index (Phi) is 5.35. The number of nitrogen functional groups attached to an aromatic ring is 1. The van der Waals surface area contributed by atoms with Crippen molar-refractivity contribution in [2.45, 2.75) is 0 Å². The van der Waals surface area contributed by atoms with Crippen molar-refractivity contribution in [2.24, 2.45) is 5.10 Å². The first-order valence-corrected chi connectivity index (χ1v) is 7.08. The van der Waals surface area contributed by atoms with E-state index < -0.39 is 17.5 Å². The third kappa shape index (κ3) is 3.87. The van der Waals surface area contributed by atoms with Crippen LogP contribution in [0.4, 0.5) is 14.5 Å². The van der Waals surface area contributed by atoms with Gasteiger partial charge in [0.15, 0.2) is 0 Å². The minimum Gasteiger partial charge on any atom is -0.396 e. The summed E-state index contributed by atoms with van der Waals surface area (Å²) >= 11 is 17.4. The quantitative estimate of drug-likeness (QED) is 0.487. The van der Waals surface area contributed by atoms with Gasteiger partial charge in [0.1, 0.15) is 21.7 Å². The molecule has 0 saturated heterocycles. The second kappa shape index (κ2) is 7.08. The van der Waals surface area contributed by atoms with Crippen LogP contribution in [0.2, 0.25) is 15.2 Å². The van der Waals surface area contributed by atoms with Gasteiger partial charge < -0.3 is 5.73 Å². The second-order valence-corrected chi connectivity index (χ2v) is 5.35. The summed E-state index contributed by atoms with van der Waals surface area (Å²) < 4.78 is 26.2. The number of nitrogens with zero attached hydrogens (tertiary/aromatic N) is 1. The number of aromatic nitrogens is 1.